The van der Waals surface area contributed by atoms with Crippen LogP contribution in [0.1, 0.15) is 11.1 Å². The summed E-state index contributed by atoms with van der Waals surface area (Å²) in [7, 11) is 7.80. The van der Waals surface area contributed by atoms with Crippen molar-refractivity contribution in [1.29, 1.82) is 0 Å². The Bertz CT molecular complexity index is 738. The lowest BCUT2D eigenvalue weighted by molar-refractivity contribution is 0.109. The van der Waals surface area contributed by atoms with Crippen molar-refractivity contribution in [3.63, 3.8) is 0 Å². The molecule has 154 valence electrons. The van der Waals surface area contributed by atoms with E-state index in [1.807, 2.05) is 31.2 Å². The maximum Gasteiger partial charge on any atom is 0.203 e. The van der Waals surface area contributed by atoms with Gasteiger partial charge in [0.1, 0.15) is 6.10 Å². The fourth-order valence-corrected chi connectivity index (χ4v) is 2.95. The van der Waals surface area contributed by atoms with E-state index >= 15 is 0 Å². The second kappa shape index (κ2) is 9.94. The van der Waals surface area contributed by atoms with Crippen molar-refractivity contribution >= 4 is 0 Å². The number of rotatable bonds is 10. The van der Waals surface area contributed by atoms with Gasteiger partial charge in [-0.2, -0.15) is 0 Å². The van der Waals surface area contributed by atoms with Gasteiger partial charge in [-0.05, 0) is 42.3 Å². The third kappa shape index (κ3) is 4.72. The Kier molecular flexibility index (Phi) is 7.63. The van der Waals surface area contributed by atoms with Gasteiger partial charge in [0.05, 0.1) is 42.2 Å². The molecule has 0 aliphatic heterocycles. The Balaban J connectivity index is 2.34. The normalized spacial score (nSPS) is 11.5. The molecule has 28 heavy (non-hydrogen) atoms. The summed E-state index contributed by atoms with van der Waals surface area (Å²) in [6.45, 7) is 1.74. The Morgan fingerprint density at radius 1 is 0.714 bits per heavy atom. The van der Waals surface area contributed by atoms with Crippen molar-refractivity contribution in [2.24, 2.45) is 0 Å². The van der Waals surface area contributed by atoms with Gasteiger partial charge in [-0.3, -0.25) is 0 Å². The van der Waals surface area contributed by atoms with Gasteiger partial charge in [0, 0.05) is 6.42 Å². The Hall–Kier alpha value is -2.80. The summed E-state index contributed by atoms with van der Waals surface area (Å²) in [4.78, 5) is 0. The lowest BCUT2D eigenvalue weighted by Gasteiger charge is -2.22. The number of hydrogen-bond donors (Lipinski definition) is 1. The fourth-order valence-electron chi connectivity index (χ4n) is 2.95. The first-order valence-corrected chi connectivity index (χ1v) is 8.80. The minimum absolute atomic E-state index is 0.198. The molecule has 0 amide bonds. The molecule has 7 heteroatoms. The van der Waals surface area contributed by atoms with Crippen LogP contribution < -0.4 is 28.4 Å². The lowest BCUT2D eigenvalue weighted by Crippen LogP contribution is -2.24. The summed E-state index contributed by atoms with van der Waals surface area (Å²) in [5, 5.41) is 9.89. The van der Waals surface area contributed by atoms with Crippen LogP contribution in [0.25, 0.3) is 0 Å². The zero-order chi connectivity index (χ0) is 20.7. The first-order valence-electron chi connectivity index (χ1n) is 8.80. The minimum Gasteiger partial charge on any atom is -0.493 e. The SMILES string of the molecule is COc1cc(CC(CO)Oc2c(OC)cc(C)cc2OC)cc(OC)c1OC. The van der Waals surface area contributed by atoms with Crippen molar-refractivity contribution in [2.75, 3.05) is 42.2 Å². The molecule has 0 heterocycles. The molecule has 0 saturated heterocycles. The van der Waals surface area contributed by atoms with Crippen LogP contribution in [0.3, 0.4) is 0 Å². The van der Waals surface area contributed by atoms with Gasteiger partial charge in [0.25, 0.3) is 0 Å². The van der Waals surface area contributed by atoms with Gasteiger partial charge >= 0.3 is 0 Å². The van der Waals surface area contributed by atoms with Crippen molar-refractivity contribution in [3.05, 3.63) is 35.4 Å². The fraction of sp³-hybridized carbons (Fsp3) is 0.429. The molecule has 1 atom stereocenters. The van der Waals surface area contributed by atoms with Crippen molar-refractivity contribution in [3.8, 4) is 34.5 Å². The van der Waals surface area contributed by atoms with Crippen molar-refractivity contribution < 1.29 is 33.5 Å². The number of aliphatic hydroxyl groups excluding tert-OH is 1. The molecule has 2 aromatic rings. The minimum atomic E-state index is -0.534. The number of aryl methyl sites for hydroxylation is 1. The van der Waals surface area contributed by atoms with E-state index in [2.05, 4.69) is 0 Å². The zero-order valence-electron chi connectivity index (χ0n) is 17.2. The van der Waals surface area contributed by atoms with E-state index in [1.165, 1.54) is 0 Å². The molecule has 0 saturated carbocycles. The zero-order valence-corrected chi connectivity index (χ0v) is 17.2. The van der Waals surface area contributed by atoms with Crippen LogP contribution in [0.15, 0.2) is 24.3 Å². The Morgan fingerprint density at radius 2 is 1.18 bits per heavy atom. The van der Waals surface area contributed by atoms with Gasteiger partial charge < -0.3 is 33.5 Å². The molecule has 0 radical (unpaired) electrons. The van der Waals surface area contributed by atoms with Gasteiger partial charge in [-0.25, -0.2) is 0 Å². The second-order valence-corrected chi connectivity index (χ2v) is 6.16. The average Bonchev–Trinajstić information content (AvgIpc) is 2.72. The number of methoxy groups -OCH3 is 5. The topological polar surface area (TPSA) is 75.6 Å². The van der Waals surface area contributed by atoms with Crippen LogP contribution in [-0.4, -0.2) is 53.4 Å². The van der Waals surface area contributed by atoms with Crippen LogP contribution in [0.4, 0.5) is 0 Å². The molecule has 0 spiro atoms. The summed E-state index contributed by atoms with van der Waals surface area (Å²) >= 11 is 0. The highest BCUT2D eigenvalue weighted by Crippen LogP contribution is 2.41. The third-order valence-corrected chi connectivity index (χ3v) is 4.28. The molecule has 2 aromatic carbocycles. The van der Waals surface area contributed by atoms with Gasteiger partial charge in [-0.1, -0.05) is 0 Å². The Labute approximate surface area is 165 Å². The molecule has 0 aromatic heterocycles. The number of aliphatic hydroxyl groups is 1. The van der Waals surface area contributed by atoms with Gasteiger partial charge in [0.15, 0.2) is 23.0 Å². The van der Waals surface area contributed by atoms with E-state index in [9.17, 15) is 5.11 Å². The molecule has 2 rings (SSSR count). The summed E-state index contributed by atoms with van der Waals surface area (Å²) < 4.78 is 33.0. The monoisotopic (exact) mass is 392 g/mol. The Morgan fingerprint density at radius 3 is 1.57 bits per heavy atom. The molecule has 0 fully saturated rings. The first kappa shape index (κ1) is 21.5. The lowest BCUT2D eigenvalue weighted by atomic mass is 10.1. The van der Waals surface area contributed by atoms with E-state index in [0.717, 1.165) is 11.1 Å². The summed E-state index contributed by atoms with van der Waals surface area (Å²) in [5.41, 5.74) is 1.84. The van der Waals surface area contributed by atoms with Crippen LogP contribution in [0.2, 0.25) is 0 Å². The smallest absolute Gasteiger partial charge is 0.203 e. The third-order valence-electron chi connectivity index (χ3n) is 4.28. The number of benzene rings is 2. The van der Waals surface area contributed by atoms with Crippen LogP contribution in [0.5, 0.6) is 34.5 Å². The quantitative estimate of drug-likeness (QED) is 0.666. The van der Waals surface area contributed by atoms with E-state index in [-0.39, 0.29) is 6.61 Å². The molecule has 7 nitrogen and oxygen atoms in total. The summed E-state index contributed by atoms with van der Waals surface area (Å²) in [6, 6.07) is 7.37. The highest BCUT2D eigenvalue weighted by Gasteiger charge is 2.21. The van der Waals surface area contributed by atoms with Crippen LogP contribution in [-0.2, 0) is 6.42 Å². The number of hydrogen-bond acceptors (Lipinski definition) is 7. The average molecular weight is 392 g/mol. The number of ether oxygens (including phenoxy) is 6. The molecule has 1 N–H and O–H groups in total. The van der Waals surface area contributed by atoms with Gasteiger partial charge in [-0.15, -0.1) is 0 Å². The van der Waals surface area contributed by atoms with E-state index < -0.39 is 6.10 Å². The van der Waals surface area contributed by atoms with E-state index in [0.29, 0.717) is 40.9 Å². The first-order chi connectivity index (χ1) is 13.5. The molecule has 0 bridgehead atoms. The molecule has 0 aliphatic rings. The second-order valence-electron chi connectivity index (χ2n) is 6.16. The predicted molar refractivity (Wildman–Crippen MR) is 106 cm³/mol. The maximum atomic E-state index is 9.89. The molecular weight excluding hydrogens is 364 g/mol. The molecule has 0 aliphatic carbocycles. The van der Waals surface area contributed by atoms with E-state index in [4.69, 9.17) is 28.4 Å². The molecule has 1 unspecified atom stereocenters. The summed E-state index contributed by atoms with van der Waals surface area (Å²) in [5.74, 6) is 3.12. The highest BCUT2D eigenvalue weighted by molar-refractivity contribution is 5.55. The predicted octanol–water partition coefficient (Wildman–Crippen LogP) is 3.02. The van der Waals surface area contributed by atoms with Crippen LogP contribution >= 0.6 is 0 Å². The summed E-state index contributed by atoms with van der Waals surface area (Å²) in [6.07, 6.45) is -0.124. The van der Waals surface area contributed by atoms with Crippen molar-refractivity contribution in [2.45, 2.75) is 19.4 Å². The van der Waals surface area contributed by atoms with E-state index in [1.54, 1.807) is 35.5 Å². The molecular formula is C21H28O7. The van der Waals surface area contributed by atoms with Crippen LogP contribution in [0, 0.1) is 6.92 Å². The van der Waals surface area contributed by atoms with Crippen molar-refractivity contribution in [1.82, 2.24) is 0 Å². The maximum absolute atomic E-state index is 9.89. The van der Waals surface area contributed by atoms with Gasteiger partial charge in [0.2, 0.25) is 11.5 Å². The standard InChI is InChI=1S/C21H28O7/c1-13-7-16(23-2)21(17(8-13)24-3)28-15(12-22)9-14-10-18(25-4)20(27-6)19(11-14)26-5/h7-8,10-11,15,22H,9,12H2,1-6H3. The highest BCUT2D eigenvalue weighted by atomic mass is 16.5. The largest absolute Gasteiger partial charge is 0.493 e.